The van der Waals surface area contributed by atoms with Crippen LogP contribution in [0.1, 0.15) is 12.5 Å². The first kappa shape index (κ1) is 16.0. The molecule has 1 aliphatic rings. The molecule has 1 atom stereocenters. The molecule has 1 heterocycles. The van der Waals surface area contributed by atoms with Crippen molar-refractivity contribution in [3.05, 3.63) is 65.2 Å². The van der Waals surface area contributed by atoms with Crippen molar-refractivity contribution in [2.45, 2.75) is 13.5 Å². The summed E-state index contributed by atoms with van der Waals surface area (Å²) in [6.45, 7) is 4.45. The van der Waals surface area contributed by atoms with E-state index in [2.05, 4.69) is 5.32 Å². The summed E-state index contributed by atoms with van der Waals surface area (Å²) < 4.78 is 0. The lowest BCUT2D eigenvalue weighted by atomic mass is 9.87. The lowest BCUT2D eigenvalue weighted by Gasteiger charge is -2.35. The van der Waals surface area contributed by atoms with E-state index >= 15 is 0 Å². The number of carbonyl (C=O) groups excluding carboxylic acids is 1. The van der Waals surface area contributed by atoms with Crippen molar-refractivity contribution in [1.82, 2.24) is 5.32 Å². The number of para-hydroxylation sites is 1. The number of hydrogen-bond acceptors (Lipinski definition) is 2. The molecule has 3 rings (SSSR count). The van der Waals surface area contributed by atoms with Gasteiger partial charge in [0.2, 0.25) is 5.91 Å². The average molecular weight is 329 g/mol. The molecule has 0 aliphatic carbocycles. The predicted octanol–water partition coefficient (Wildman–Crippen LogP) is 3.73. The Morgan fingerprint density at radius 3 is 2.39 bits per heavy atom. The normalized spacial score (nSPS) is 15.7. The van der Waals surface area contributed by atoms with Gasteiger partial charge in [-0.1, -0.05) is 48.9 Å². The van der Waals surface area contributed by atoms with Gasteiger partial charge in [-0.25, -0.2) is 0 Å². The van der Waals surface area contributed by atoms with Crippen LogP contribution < -0.4 is 10.2 Å². The van der Waals surface area contributed by atoms with Crippen molar-refractivity contribution in [3.8, 4) is 0 Å². The van der Waals surface area contributed by atoms with Crippen molar-refractivity contribution in [1.29, 1.82) is 0 Å². The Labute approximate surface area is 142 Å². The Hall–Kier alpha value is -1.84. The molecule has 1 amide bonds. The van der Waals surface area contributed by atoms with Crippen molar-refractivity contribution >= 4 is 23.2 Å². The minimum Gasteiger partial charge on any atom is -0.316 e. The van der Waals surface area contributed by atoms with E-state index in [-0.39, 0.29) is 11.8 Å². The Morgan fingerprint density at radius 2 is 1.83 bits per heavy atom. The SMILES string of the molecule is CC(C(=O)N(Cc1ccc(Cl)cc1)c1ccccc1)C1CNC1. The molecule has 1 aliphatic heterocycles. The molecule has 1 N–H and O–H groups in total. The first-order chi connectivity index (χ1) is 11.1. The van der Waals surface area contributed by atoms with E-state index in [9.17, 15) is 4.79 Å². The molecule has 23 heavy (non-hydrogen) atoms. The molecular weight excluding hydrogens is 308 g/mol. The summed E-state index contributed by atoms with van der Waals surface area (Å²) in [5.74, 6) is 0.625. The van der Waals surface area contributed by atoms with Gasteiger partial charge in [0.1, 0.15) is 0 Å². The Bertz CT molecular complexity index is 653. The number of carbonyl (C=O) groups is 1. The number of nitrogens with one attached hydrogen (secondary N) is 1. The summed E-state index contributed by atoms with van der Waals surface area (Å²) in [6, 6.07) is 17.5. The lowest BCUT2D eigenvalue weighted by molar-refractivity contribution is -0.124. The Kier molecular flexibility index (Phi) is 4.99. The van der Waals surface area contributed by atoms with Crippen molar-refractivity contribution in [2.24, 2.45) is 11.8 Å². The van der Waals surface area contributed by atoms with Crippen LogP contribution >= 0.6 is 11.6 Å². The van der Waals surface area contributed by atoms with Crippen LogP contribution in [0.2, 0.25) is 5.02 Å². The van der Waals surface area contributed by atoms with E-state index < -0.39 is 0 Å². The van der Waals surface area contributed by atoms with Gasteiger partial charge in [-0.05, 0) is 48.8 Å². The predicted molar refractivity (Wildman–Crippen MR) is 94.6 cm³/mol. The molecule has 2 aromatic carbocycles. The molecule has 1 saturated heterocycles. The second-order valence-corrected chi connectivity index (χ2v) is 6.53. The fourth-order valence-electron chi connectivity index (χ4n) is 2.79. The maximum absolute atomic E-state index is 13.0. The molecule has 0 saturated carbocycles. The van der Waals surface area contributed by atoms with Gasteiger partial charge < -0.3 is 10.2 Å². The molecule has 120 valence electrons. The zero-order valence-corrected chi connectivity index (χ0v) is 14.0. The molecule has 1 fully saturated rings. The molecule has 4 heteroatoms. The van der Waals surface area contributed by atoms with Crippen LogP contribution in [-0.4, -0.2) is 19.0 Å². The summed E-state index contributed by atoms with van der Waals surface area (Å²) in [5, 5.41) is 3.95. The van der Waals surface area contributed by atoms with Gasteiger partial charge in [0.05, 0.1) is 6.54 Å². The highest BCUT2D eigenvalue weighted by Crippen LogP contribution is 2.24. The van der Waals surface area contributed by atoms with Crippen LogP contribution in [-0.2, 0) is 11.3 Å². The summed E-state index contributed by atoms with van der Waals surface area (Å²) in [6.07, 6.45) is 0. The fourth-order valence-corrected chi connectivity index (χ4v) is 2.91. The minimum atomic E-state index is 0.0174. The van der Waals surface area contributed by atoms with Gasteiger partial charge in [0, 0.05) is 16.6 Å². The second-order valence-electron chi connectivity index (χ2n) is 6.09. The summed E-state index contributed by atoms with van der Waals surface area (Å²) >= 11 is 5.96. The summed E-state index contributed by atoms with van der Waals surface area (Å²) in [7, 11) is 0. The van der Waals surface area contributed by atoms with Crippen LogP contribution in [0.3, 0.4) is 0 Å². The van der Waals surface area contributed by atoms with Crippen LogP contribution in [0.4, 0.5) is 5.69 Å². The average Bonchev–Trinajstić information content (AvgIpc) is 2.53. The monoisotopic (exact) mass is 328 g/mol. The molecule has 0 aromatic heterocycles. The first-order valence-corrected chi connectivity index (χ1v) is 8.34. The highest BCUT2D eigenvalue weighted by atomic mass is 35.5. The van der Waals surface area contributed by atoms with Crippen LogP contribution in [0.5, 0.6) is 0 Å². The maximum atomic E-state index is 13.0. The van der Waals surface area contributed by atoms with Gasteiger partial charge in [0.15, 0.2) is 0 Å². The fraction of sp³-hybridized carbons (Fsp3) is 0.316. The van der Waals surface area contributed by atoms with Crippen LogP contribution in [0, 0.1) is 11.8 Å². The van der Waals surface area contributed by atoms with Crippen molar-refractivity contribution < 1.29 is 4.79 Å². The second kappa shape index (κ2) is 7.16. The number of nitrogens with zero attached hydrogens (tertiary/aromatic N) is 1. The summed E-state index contributed by atoms with van der Waals surface area (Å²) in [4.78, 5) is 14.9. The topological polar surface area (TPSA) is 32.3 Å². The number of rotatable bonds is 5. The third-order valence-electron chi connectivity index (χ3n) is 4.50. The van der Waals surface area contributed by atoms with Crippen molar-refractivity contribution in [2.75, 3.05) is 18.0 Å². The smallest absolute Gasteiger partial charge is 0.230 e. The number of anilines is 1. The van der Waals surface area contributed by atoms with E-state index in [1.807, 2.05) is 66.4 Å². The third-order valence-corrected chi connectivity index (χ3v) is 4.75. The standard InChI is InChI=1S/C19H21ClN2O/c1-14(16-11-21-12-16)19(23)22(18-5-3-2-4-6-18)13-15-7-9-17(20)10-8-15/h2-10,14,16,21H,11-13H2,1H3. The highest BCUT2D eigenvalue weighted by Gasteiger charge is 2.32. The van der Waals surface area contributed by atoms with Gasteiger partial charge in [-0.3, -0.25) is 4.79 Å². The van der Waals surface area contributed by atoms with Crippen LogP contribution in [0.15, 0.2) is 54.6 Å². The van der Waals surface area contributed by atoms with E-state index in [1.54, 1.807) is 0 Å². The zero-order valence-electron chi connectivity index (χ0n) is 13.2. The van der Waals surface area contributed by atoms with Gasteiger partial charge in [-0.2, -0.15) is 0 Å². The molecule has 2 aromatic rings. The van der Waals surface area contributed by atoms with E-state index in [4.69, 9.17) is 11.6 Å². The first-order valence-electron chi connectivity index (χ1n) is 7.97. The maximum Gasteiger partial charge on any atom is 0.230 e. The number of halogens is 1. The summed E-state index contributed by atoms with van der Waals surface area (Å²) in [5.41, 5.74) is 2.01. The zero-order chi connectivity index (χ0) is 16.2. The number of benzene rings is 2. The molecule has 0 radical (unpaired) electrons. The Balaban J connectivity index is 1.84. The van der Waals surface area contributed by atoms with Crippen LogP contribution in [0.25, 0.3) is 0 Å². The molecule has 0 spiro atoms. The van der Waals surface area contributed by atoms with E-state index in [0.717, 1.165) is 24.3 Å². The third kappa shape index (κ3) is 3.74. The quantitative estimate of drug-likeness (QED) is 0.907. The molecule has 3 nitrogen and oxygen atoms in total. The lowest BCUT2D eigenvalue weighted by Crippen LogP contribution is -2.50. The molecule has 0 bridgehead atoms. The van der Waals surface area contributed by atoms with Gasteiger partial charge in [0.25, 0.3) is 0 Å². The largest absolute Gasteiger partial charge is 0.316 e. The number of amides is 1. The Morgan fingerprint density at radius 1 is 1.17 bits per heavy atom. The molecular formula is C19H21ClN2O. The minimum absolute atomic E-state index is 0.0174. The van der Waals surface area contributed by atoms with Crippen molar-refractivity contribution in [3.63, 3.8) is 0 Å². The van der Waals surface area contributed by atoms with E-state index in [0.29, 0.717) is 17.5 Å². The molecule has 1 unspecified atom stereocenters. The van der Waals surface area contributed by atoms with E-state index in [1.165, 1.54) is 0 Å². The van der Waals surface area contributed by atoms with Gasteiger partial charge in [-0.15, -0.1) is 0 Å². The van der Waals surface area contributed by atoms with Gasteiger partial charge >= 0.3 is 0 Å². The highest BCUT2D eigenvalue weighted by molar-refractivity contribution is 6.30. The number of hydrogen-bond donors (Lipinski definition) is 1.